The molecule has 0 aliphatic carbocycles. The van der Waals surface area contributed by atoms with Crippen LogP contribution in [0.2, 0.25) is 0 Å². The Hall–Kier alpha value is -1.50. The number of nitrogens with zero attached hydrogens (tertiary/aromatic N) is 3. The number of carbonyl (C=O) groups is 1. The Morgan fingerprint density at radius 1 is 1.44 bits per heavy atom. The molecule has 1 heterocycles. The SMILES string of the molecule is CC(C)NCCC(=O)NC(C)c1nn[nH]n1. The zero-order chi connectivity index (χ0) is 12.0. The minimum atomic E-state index is -0.217. The maximum atomic E-state index is 11.5. The highest BCUT2D eigenvalue weighted by atomic mass is 16.1. The molecule has 0 aromatic carbocycles. The van der Waals surface area contributed by atoms with Gasteiger partial charge in [0.05, 0.1) is 6.04 Å². The zero-order valence-electron chi connectivity index (χ0n) is 9.82. The third-order valence-corrected chi connectivity index (χ3v) is 2.03. The summed E-state index contributed by atoms with van der Waals surface area (Å²) < 4.78 is 0. The maximum absolute atomic E-state index is 11.5. The van der Waals surface area contributed by atoms with Gasteiger partial charge in [0.1, 0.15) is 0 Å². The molecular formula is C9H18N6O. The largest absolute Gasteiger partial charge is 0.346 e. The van der Waals surface area contributed by atoms with E-state index in [1.54, 1.807) is 0 Å². The third-order valence-electron chi connectivity index (χ3n) is 2.03. The number of nitrogens with one attached hydrogen (secondary N) is 3. The summed E-state index contributed by atoms with van der Waals surface area (Å²) >= 11 is 0. The molecule has 16 heavy (non-hydrogen) atoms. The quantitative estimate of drug-likeness (QED) is 0.622. The summed E-state index contributed by atoms with van der Waals surface area (Å²) in [6.45, 7) is 6.57. The van der Waals surface area contributed by atoms with Crippen LogP contribution < -0.4 is 10.6 Å². The fourth-order valence-corrected chi connectivity index (χ4v) is 1.21. The predicted molar refractivity (Wildman–Crippen MR) is 58.5 cm³/mol. The molecular weight excluding hydrogens is 208 g/mol. The van der Waals surface area contributed by atoms with Gasteiger partial charge in [0, 0.05) is 19.0 Å². The highest BCUT2D eigenvalue weighted by molar-refractivity contribution is 5.76. The fraction of sp³-hybridized carbons (Fsp3) is 0.778. The number of hydrogen-bond acceptors (Lipinski definition) is 5. The van der Waals surface area contributed by atoms with Gasteiger partial charge in [0.2, 0.25) is 5.91 Å². The second-order valence-corrected chi connectivity index (χ2v) is 3.92. The van der Waals surface area contributed by atoms with Gasteiger partial charge in [-0.2, -0.15) is 5.21 Å². The van der Waals surface area contributed by atoms with Crippen LogP contribution in [0.4, 0.5) is 0 Å². The molecule has 0 fully saturated rings. The lowest BCUT2D eigenvalue weighted by Gasteiger charge is -2.11. The molecule has 1 aromatic rings. The molecule has 0 aliphatic heterocycles. The molecule has 7 heteroatoms. The van der Waals surface area contributed by atoms with Crippen molar-refractivity contribution in [2.75, 3.05) is 6.54 Å². The molecule has 7 nitrogen and oxygen atoms in total. The number of H-pyrrole nitrogens is 1. The molecule has 0 spiro atoms. The summed E-state index contributed by atoms with van der Waals surface area (Å²) in [5.41, 5.74) is 0. The second kappa shape index (κ2) is 6.16. The van der Waals surface area contributed by atoms with Crippen LogP contribution >= 0.6 is 0 Å². The van der Waals surface area contributed by atoms with Gasteiger partial charge in [-0.3, -0.25) is 4.79 Å². The van der Waals surface area contributed by atoms with Crippen LogP contribution in [0.15, 0.2) is 0 Å². The third kappa shape index (κ3) is 4.35. The van der Waals surface area contributed by atoms with Crippen molar-refractivity contribution >= 4 is 5.91 Å². The van der Waals surface area contributed by atoms with E-state index >= 15 is 0 Å². The minimum absolute atomic E-state index is 0.0227. The summed E-state index contributed by atoms with van der Waals surface area (Å²) in [7, 11) is 0. The number of rotatable bonds is 6. The van der Waals surface area contributed by atoms with Gasteiger partial charge in [-0.05, 0) is 6.92 Å². The molecule has 1 rings (SSSR count). The molecule has 1 amide bonds. The first kappa shape index (κ1) is 12.6. The summed E-state index contributed by atoms with van der Waals surface area (Å²) in [6, 6.07) is 0.174. The Balaban J connectivity index is 2.24. The zero-order valence-corrected chi connectivity index (χ0v) is 9.82. The van der Waals surface area contributed by atoms with Gasteiger partial charge in [0.25, 0.3) is 0 Å². The van der Waals surface area contributed by atoms with Crippen molar-refractivity contribution in [2.45, 2.75) is 39.3 Å². The van der Waals surface area contributed by atoms with Gasteiger partial charge in [-0.25, -0.2) is 0 Å². The lowest BCUT2D eigenvalue weighted by molar-refractivity contribution is -0.121. The number of tetrazole rings is 1. The predicted octanol–water partition coefficient (Wildman–Crippen LogP) is -0.235. The average molecular weight is 226 g/mol. The summed E-state index contributed by atoms with van der Waals surface area (Å²) in [4.78, 5) is 11.5. The van der Waals surface area contributed by atoms with Crippen LogP contribution in [0, 0.1) is 0 Å². The monoisotopic (exact) mass is 226 g/mol. The number of hydrogen-bond donors (Lipinski definition) is 3. The van der Waals surface area contributed by atoms with Crippen LogP contribution in [0.25, 0.3) is 0 Å². The Morgan fingerprint density at radius 2 is 2.19 bits per heavy atom. The molecule has 1 aromatic heterocycles. The van der Waals surface area contributed by atoms with Crippen molar-refractivity contribution in [1.29, 1.82) is 0 Å². The average Bonchev–Trinajstić information content (AvgIpc) is 2.69. The molecule has 1 unspecified atom stereocenters. The van der Waals surface area contributed by atoms with Crippen molar-refractivity contribution in [1.82, 2.24) is 31.3 Å². The van der Waals surface area contributed by atoms with Crippen LogP contribution in [0.3, 0.4) is 0 Å². The summed E-state index contributed by atoms with van der Waals surface area (Å²) in [5.74, 6) is 0.468. The lowest BCUT2D eigenvalue weighted by atomic mass is 10.3. The normalized spacial score (nSPS) is 12.8. The van der Waals surface area contributed by atoms with E-state index in [1.807, 2.05) is 20.8 Å². The van der Waals surface area contributed by atoms with E-state index in [0.29, 0.717) is 24.8 Å². The van der Waals surface area contributed by atoms with E-state index in [1.165, 1.54) is 0 Å². The second-order valence-electron chi connectivity index (χ2n) is 3.92. The highest BCUT2D eigenvalue weighted by Crippen LogP contribution is 2.02. The molecule has 0 bridgehead atoms. The van der Waals surface area contributed by atoms with Crippen LogP contribution in [0.5, 0.6) is 0 Å². The molecule has 90 valence electrons. The molecule has 0 saturated heterocycles. The van der Waals surface area contributed by atoms with Crippen molar-refractivity contribution < 1.29 is 4.79 Å². The number of aromatic nitrogens is 4. The van der Waals surface area contributed by atoms with Crippen LogP contribution in [0.1, 0.15) is 39.1 Å². The molecule has 3 N–H and O–H groups in total. The van der Waals surface area contributed by atoms with Crippen molar-refractivity contribution in [3.8, 4) is 0 Å². The minimum Gasteiger partial charge on any atom is -0.346 e. The maximum Gasteiger partial charge on any atom is 0.221 e. The standard InChI is InChI=1S/C9H18N6O/c1-6(2)10-5-4-8(16)11-7(3)9-12-14-15-13-9/h6-7,10H,4-5H2,1-3H3,(H,11,16)(H,12,13,14,15). The number of carbonyl (C=O) groups excluding carboxylic acids is 1. The Bertz CT molecular complexity index is 310. The number of aromatic amines is 1. The first-order valence-electron chi connectivity index (χ1n) is 5.35. The molecule has 0 aliphatic rings. The fourth-order valence-electron chi connectivity index (χ4n) is 1.21. The Labute approximate surface area is 94.4 Å². The van der Waals surface area contributed by atoms with Gasteiger partial charge in [-0.15, -0.1) is 10.2 Å². The molecule has 0 saturated carbocycles. The highest BCUT2D eigenvalue weighted by Gasteiger charge is 2.12. The van der Waals surface area contributed by atoms with E-state index in [-0.39, 0.29) is 11.9 Å². The smallest absolute Gasteiger partial charge is 0.221 e. The van der Waals surface area contributed by atoms with E-state index < -0.39 is 0 Å². The van der Waals surface area contributed by atoms with Crippen LogP contribution in [-0.2, 0) is 4.79 Å². The summed E-state index contributed by atoms with van der Waals surface area (Å²) in [5, 5.41) is 19.4. The van der Waals surface area contributed by atoms with Crippen molar-refractivity contribution in [3.05, 3.63) is 5.82 Å². The van der Waals surface area contributed by atoms with Crippen molar-refractivity contribution in [2.24, 2.45) is 0 Å². The van der Waals surface area contributed by atoms with Crippen LogP contribution in [-0.4, -0.2) is 39.1 Å². The topological polar surface area (TPSA) is 95.6 Å². The van der Waals surface area contributed by atoms with E-state index in [2.05, 4.69) is 31.3 Å². The van der Waals surface area contributed by atoms with E-state index in [9.17, 15) is 4.79 Å². The van der Waals surface area contributed by atoms with Gasteiger partial charge in [-0.1, -0.05) is 19.1 Å². The first-order valence-corrected chi connectivity index (χ1v) is 5.35. The summed E-state index contributed by atoms with van der Waals surface area (Å²) in [6.07, 6.45) is 0.445. The van der Waals surface area contributed by atoms with Gasteiger partial charge >= 0.3 is 0 Å². The number of amides is 1. The first-order chi connectivity index (χ1) is 7.59. The van der Waals surface area contributed by atoms with Crippen molar-refractivity contribution in [3.63, 3.8) is 0 Å². The molecule has 0 radical (unpaired) electrons. The Kier molecular flexibility index (Phi) is 4.84. The van der Waals surface area contributed by atoms with E-state index in [0.717, 1.165) is 0 Å². The van der Waals surface area contributed by atoms with Gasteiger partial charge < -0.3 is 10.6 Å². The van der Waals surface area contributed by atoms with E-state index in [4.69, 9.17) is 0 Å². The lowest BCUT2D eigenvalue weighted by Crippen LogP contribution is -2.32. The van der Waals surface area contributed by atoms with Gasteiger partial charge in [0.15, 0.2) is 5.82 Å². The molecule has 1 atom stereocenters. The Morgan fingerprint density at radius 3 is 2.75 bits per heavy atom.